The lowest BCUT2D eigenvalue weighted by Crippen LogP contribution is -1.97. The van der Waals surface area contributed by atoms with Crippen molar-refractivity contribution in [2.75, 3.05) is 6.61 Å². The van der Waals surface area contributed by atoms with Crippen LogP contribution in [0, 0.1) is 3.57 Å². The van der Waals surface area contributed by atoms with Crippen molar-refractivity contribution in [3.05, 3.63) is 27.3 Å². The fourth-order valence-electron chi connectivity index (χ4n) is 0.992. The Labute approximate surface area is 91.4 Å². The minimum Gasteiger partial charge on any atom is -0.493 e. The topological polar surface area (TPSA) is 26.3 Å². The van der Waals surface area contributed by atoms with Crippen molar-refractivity contribution in [2.24, 2.45) is 0 Å². The molecule has 2 nitrogen and oxygen atoms in total. The largest absolute Gasteiger partial charge is 0.493 e. The molecule has 0 saturated carbocycles. The van der Waals surface area contributed by atoms with E-state index in [4.69, 9.17) is 4.74 Å². The molecule has 0 bridgehead atoms. The van der Waals surface area contributed by atoms with E-state index in [0.29, 0.717) is 6.61 Å². The summed E-state index contributed by atoms with van der Waals surface area (Å²) < 4.78 is 6.33. The van der Waals surface area contributed by atoms with E-state index in [-0.39, 0.29) is 5.78 Å². The third kappa shape index (κ3) is 2.69. The second-order valence-corrected chi connectivity index (χ2v) is 3.80. The van der Waals surface area contributed by atoms with Gasteiger partial charge in [-0.1, -0.05) is 0 Å². The first-order valence-corrected chi connectivity index (χ1v) is 5.16. The van der Waals surface area contributed by atoms with Gasteiger partial charge < -0.3 is 4.74 Å². The molecule has 13 heavy (non-hydrogen) atoms. The van der Waals surface area contributed by atoms with Gasteiger partial charge in [-0.15, -0.1) is 0 Å². The van der Waals surface area contributed by atoms with Crippen molar-refractivity contribution in [2.45, 2.75) is 13.8 Å². The number of benzene rings is 1. The third-order valence-electron chi connectivity index (χ3n) is 1.64. The number of hydrogen-bond acceptors (Lipinski definition) is 2. The summed E-state index contributed by atoms with van der Waals surface area (Å²) in [6.07, 6.45) is 0. The lowest BCUT2D eigenvalue weighted by Gasteiger charge is -2.06. The molecule has 0 heterocycles. The fraction of sp³-hybridized carbons (Fsp3) is 0.300. The summed E-state index contributed by atoms with van der Waals surface area (Å²) in [4.78, 5) is 11.0. The molecule has 0 spiro atoms. The molecule has 0 radical (unpaired) electrons. The molecule has 0 amide bonds. The Bertz CT molecular complexity index is 321. The maximum atomic E-state index is 11.0. The maximum absolute atomic E-state index is 11.0. The highest BCUT2D eigenvalue weighted by Gasteiger charge is 2.04. The van der Waals surface area contributed by atoms with Crippen molar-refractivity contribution in [1.29, 1.82) is 0 Å². The first-order chi connectivity index (χ1) is 6.15. The highest BCUT2D eigenvalue weighted by molar-refractivity contribution is 14.1. The van der Waals surface area contributed by atoms with Crippen LogP contribution < -0.4 is 4.74 Å². The summed E-state index contributed by atoms with van der Waals surface area (Å²) in [7, 11) is 0. The minimum absolute atomic E-state index is 0.0842. The van der Waals surface area contributed by atoms with Gasteiger partial charge >= 0.3 is 0 Å². The van der Waals surface area contributed by atoms with Crippen LogP contribution in [0.25, 0.3) is 0 Å². The zero-order valence-electron chi connectivity index (χ0n) is 7.63. The second kappa shape index (κ2) is 4.60. The zero-order chi connectivity index (χ0) is 9.84. The number of halogens is 1. The van der Waals surface area contributed by atoms with Crippen molar-refractivity contribution in [3.8, 4) is 5.75 Å². The molecule has 0 saturated heterocycles. The standard InChI is InChI=1S/C10H11IO2/c1-3-13-10-5-4-8(7(2)12)6-9(10)11/h4-6H,3H2,1-2H3. The van der Waals surface area contributed by atoms with Crippen LogP contribution in [0.2, 0.25) is 0 Å². The fourth-order valence-corrected chi connectivity index (χ4v) is 1.66. The summed E-state index contributed by atoms with van der Waals surface area (Å²) in [5.74, 6) is 0.925. The lowest BCUT2D eigenvalue weighted by molar-refractivity contribution is 0.101. The Morgan fingerprint density at radius 1 is 1.54 bits per heavy atom. The highest BCUT2D eigenvalue weighted by Crippen LogP contribution is 2.22. The van der Waals surface area contributed by atoms with E-state index in [1.54, 1.807) is 13.0 Å². The number of ketones is 1. The molecule has 3 heteroatoms. The summed E-state index contributed by atoms with van der Waals surface area (Å²) in [5.41, 5.74) is 0.729. The van der Waals surface area contributed by atoms with Gasteiger partial charge in [0.05, 0.1) is 10.2 Å². The predicted octanol–water partition coefficient (Wildman–Crippen LogP) is 2.89. The minimum atomic E-state index is 0.0842. The Balaban J connectivity index is 2.98. The van der Waals surface area contributed by atoms with Crippen molar-refractivity contribution in [3.63, 3.8) is 0 Å². The molecule has 0 aliphatic heterocycles. The number of carbonyl (C=O) groups is 1. The van der Waals surface area contributed by atoms with Gasteiger partial charge in [-0.05, 0) is 54.6 Å². The van der Waals surface area contributed by atoms with Gasteiger partial charge in [0.1, 0.15) is 5.75 Å². The van der Waals surface area contributed by atoms with Crippen LogP contribution in [0.15, 0.2) is 18.2 Å². The number of ether oxygens (including phenoxy) is 1. The van der Waals surface area contributed by atoms with Gasteiger partial charge in [0.2, 0.25) is 0 Å². The molecule has 0 aliphatic carbocycles. The van der Waals surface area contributed by atoms with Crippen LogP contribution in [0.3, 0.4) is 0 Å². The lowest BCUT2D eigenvalue weighted by atomic mass is 10.1. The molecule has 0 aliphatic rings. The SMILES string of the molecule is CCOc1ccc(C(C)=O)cc1I. The Morgan fingerprint density at radius 3 is 2.69 bits per heavy atom. The molecule has 70 valence electrons. The predicted molar refractivity (Wildman–Crippen MR) is 60.3 cm³/mol. The van der Waals surface area contributed by atoms with Gasteiger partial charge in [-0.3, -0.25) is 4.79 Å². The first-order valence-electron chi connectivity index (χ1n) is 4.08. The Hall–Kier alpha value is -0.580. The molecular weight excluding hydrogens is 279 g/mol. The molecule has 0 atom stereocenters. The quantitative estimate of drug-likeness (QED) is 0.632. The van der Waals surface area contributed by atoms with E-state index >= 15 is 0 Å². The molecule has 0 fully saturated rings. The normalized spacial score (nSPS) is 9.77. The molecule has 0 aromatic heterocycles. The monoisotopic (exact) mass is 290 g/mol. The average Bonchev–Trinajstić information content (AvgIpc) is 2.08. The van der Waals surface area contributed by atoms with Crippen molar-refractivity contribution >= 4 is 28.4 Å². The van der Waals surface area contributed by atoms with Crippen LogP contribution in [0.5, 0.6) is 5.75 Å². The number of carbonyl (C=O) groups excluding carboxylic acids is 1. The van der Waals surface area contributed by atoms with Gasteiger partial charge in [-0.25, -0.2) is 0 Å². The third-order valence-corrected chi connectivity index (χ3v) is 2.48. The number of Topliss-reactive ketones (excluding diaryl/α,β-unsaturated/α-hetero) is 1. The molecule has 1 aromatic rings. The first kappa shape index (κ1) is 10.5. The maximum Gasteiger partial charge on any atom is 0.159 e. The van der Waals surface area contributed by atoms with Crippen LogP contribution in [0.1, 0.15) is 24.2 Å². The van der Waals surface area contributed by atoms with Gasteiger partial charge in [0.15, 0.2) is 5.78 Å². The summed E-state index contributed by atoms with van der Waals surface area (Å²) in [5, 5.41) is 0. The second-order valence-electron chi connectivity index (χ2n) is 2.63. The molecule has 1 aromatic carbocycles. The molecule has 1 rings (SSSR count). The van der Waals surface area contributed by atoms with Crippen LogP contribution in [0.4, 0.5) is 0 Å². The average molecular weight is 290 g/mol. The van der Waals surface area contributed by atoms with E-state index in [1.165, 1.54) is 0 Å². The molecule has 0 unspecified atom stereocenters. The van der Waals surface area contributed by atoms with Crippen LogP contribution >= 0.6 is 22.6 Å². The van der Waals surface area contributed by atoms with E-state index in [2.05, 4.69) is 22.6 Å². The van der Waals surface area contributed by atoms with Gasteiger partial charge in [0, 0.05) is 5.56 Å². The number of hydrogen-bond donors (Lipinski definition) is 0. The Morgan fingerprint density at radius 2 is 2.23 bits per heavy atom. The smallest absolute Gasteiger partial charge is 0.159 e. The van der Waals surface area contributed by atoms with E-state index in [1.807, 2.05) is 19.1 Å². The summed E-state index contributed by atoms with van der Waals surface area (Å²) >= 11 is 2.17. The highest BCUT2D eigenvalue weighted by atomic mass is 127. The van der Waals surface area contributed by atoms with Crippen LogP contribution in [-0.4, -0.2) is 12.4 Å². The molecule has 0 N–H and O–H groups in total. The zero-order valence-corrected chi connectivity index (χ0v) is 9.79. The van der Waals surface area contributed by atoms with Crippen LogP contribution in [-0.2, 0) is 0 Å². The van der Waals surface area contributed by atoms with E-state index in [0.717, 1.165) is 14.9 Å². The van der Waals surface area contributed by atoms with E-state index in [9.17, 15) is 4.79 Å². The molecular formula is C10H11IO2. The summed E-state index contributed by atoms with van der Waals surface area (Å²) in [6.45, 7) is 4.15. The Kier molecular flexibility index (Phi) is 3.71. The van der Waals surface area contributed by atoms with Crippen molar-refractivity contribution in [1.82, 2.24) is 0 Å². The van der Waals surface area contributed by atoms with Crippen molar-refractivity contribution < 1.29 is 9.53 Å². The number of rotatable bonds is 3. The van der Waals surface area contributed by atoms with Gasteiger partial charge in [-0.2, -0.15) is 0 Å². The van der Waals surface area contributed by atoms with Gasteiger partial charge in [0.25, 0.3) is 0 Å². The summed E-state index contributed by atoms with van der Waals surface area (Å²) in [6, 6.07) is 5.46. The van der Waals surface area contributed by atoms with E-state index < -0.39 is 0 Å².